The lowest BCUT2D eigenvalue weighted by atomic mass is 10.0. The molecule has 0 N–H and O–H groups in total. The third-order valence-corrected chi connectivity index (χ3v) is 6.18. The van der Waals surface area contributed by atoms with Crippen molar-refractivity contribution in [1.82, 2.24) is 0 Å². The van der Waals surface area contributed by atoms with Crippen molar-refractivity contribution in [3.63, 3.8) is 0 Å². The van der Waals surface area contributed by atoms with Crippen molar-refractivity contribution in [3.8, 4) is 23.3 Å². The minimum Gasteiger partial charge on any atom is -0.497 e. The smallest absolute Gasteiger partial charge is 0.339 e. The van der Waals surface area contributed by atoms with Crippen LogP contribution in [0.25, 0.3) is 11.6 Å². The fourth-order valence-electron chi connectivity index (χ4n) is 3.00. The number of nitrogens with zero attached hydrogens (tertiary/aromatic N) is 1. The maximum atomic E-state index is 12.8. The van der Waals surface area contributed by atoms with Crippen LogP contribution in [0.15, 0.2) is 65.6 Å². The fraction of sp³-hybridized carbons (Fsp3) is 0.160. The number of hydrogen-bond donors (Lipinski definition) is 0. The van der Waals surface area contributed by atoms with E-state index in [1.165, 1.54) is 18.2 Å². The molecule has 0 aliphatic rings. The van der Waals surface area contributed by atoms with Crippen LogP contribution < -0.4 is 13.7 Å². The number of benzene rings is 3. The third kappa shape index (κ3) is 5.86. The molecule has 3 aromatic carbocycles. The van der Waals surface area contributed by atoms with E-state index >= 15 is 0 Å². The molecule has 0 aliphatic carbocycles. The SMILES string of the molecule is CCOc1cc(/C=C(\C#N)c2ccc(OC)cc2)cc(Cl)c1OS(=O)(=O)c1ccc(C)cc1. The molecule has 6 nitrogen and oxygen atoms in total. The van der Waals surface area contributed by atoms with Crippen LogP contribution in [-0.4, -0.2) is 22.1 Å². The van der Waals surface area contributed by atoms with E-state index in [1.807, 2.05) is 6.92 Å². The summed E-state index contributed by atoms with van der Waals surface area (Å²) < 4.78 is 41.6. The monoisotopic (exact) mass is 483 g/mol. The molecule has 0 fully saturated rings. The minimum atomic E-state index is -4.13. The van der Waals surface area contributed by atoms with Gasteiger partial charge in [-0.05, 0) is 79.6 Å². The second kappa shape index (κ2) is 10.4. The van der Waals surface area contributed by atoms with Crippen LogP contribution in [0.2, 0.25) is 5.02 Å². The zero-order chi connectivity index (χ0) is 24.0. The van der Waals surface area contributed by atoms with Gasteiger partial charge < -0.3 is 13.7 Å². The Kier molecular flexibility index (Phi) is 7.64. The van der Waals surface area contributed by atoms with Crippen molar-refractivity contribution >= 4 is 33.4 Å². The highest BCUT2D eigenvalue weighted by Crippen LogP contribution is 2.39. The minimum absolute atomic E-state index is 0.00172. The van der Waals surface area contributed by atoms with Crippen LogP contribution in [0.5, 0.6) is 17.2 Å². The van der Waals surface area contributed by atoms with Gasteiger partial charge >= 0.3 is 10.1 Å². The van der Waals surface area contributed by atoms with Gasteiger partial charge in [0, 0.05) is 0 Å². The van der Waals surface area contributed by atoms with Crippen molar-refractivity contribution in [2.75, 3.05) is 13.7 Å². The molecule has 3 rings (SSSR count). The number of rotatable bonds is 8. The van der Waals surface area contributed by atoms with E-state index in [1.54, 1.807) is 62.6 Å². The van der Waals surface area contributed by atoms with Crippen LogP contribution in [0.4, 0.5) is 0 Å². The molecule has 8 heteroatoms. The Balaban J connectivity index is 2.00. The van der Waals surface area contributed by atoms with E-state index in [-0.39, 0.29) is 28.0 Å². The van der Waals surface area contributed by atoms with E-state index in [9.17, 15) is 13.7 Å². The predicted octanol–water partition coefficient (Wildman–Crippen LogP) is 5.89. The molecule has 33 heavy (non-hydrogen) atoms. The van der Waals surface area contributed by atoms with Crippen LogP contribution in [0.1, 0.15) is 23.6 Å². The Bertz CT molecular complexity index is 1310. The van der Waals surface area contributed by atoms with Crippen molar-refractivity contribution < 1.29 is 22.1 Å². The maximum Gasteiger partial charge on any atom is 0.339 e. The zero-order valence-electron chi connectivity index (χ0n) is 18.3. The third-order valence-electron chi connectivity index (χ3n) is 4.67. The number of aryl methyl sites for hydroxylation is 1. The number of hydrogen-bond acceptors (Lipinski definition) is 6. The van der Waals surface area contributed by atoms with Crippen molar-refractivity contribution in [2.45, 2.75) is 18.7 Å². The summed E-state index contributed by atoms with van der Waals surface area (Å²) in [6.45, 7) is 3.87. The molecule has 3 aromatic rings. The summed E-state index contributed by atoms with van der Waals surface area (Å²) in [5, 5.41) is 9.68. The molecule has 0 saturated heterocycles. The first-order valence-corrected chi connectivity index (χ1v) is 11.8. The number of ether oxygens (including phenoxy) is 2. The molecule has 0 aromatic heterocycles. The topological polar surface area (TPSA) is 85.6 Å². The largest absolute Gasteiger partial charge is 0.497 e. The summed E-state index contributed by atoms with van der Waals surface area (Å²) in [7, 11) is -2.56. The summed E-state index contributed by atoms with van der Waals surface area (Å²) in [4.78, 5) is 0.00172. The molecular formula is C25H22ClNO5S. The molecule has 0 aliphatic heterocycles. The van der Waals surface area contributed by atoms with Gasteiger partial charge in [-0.3, -0.25) is 0 Å². The Hall–Kier alpha value is -3.47. The highest BCUT2D eigenvalue weighted by molar-refractivity contribution is 7.87. The molecule has 0 atom stereocenters. The first-order valence-electron chi connectivity index (χ1n) is 10.0. The summed E-state index contributed by atoms with van der Waals surface area (Å²) in [5.41, 5.74) is 2.55. The lowest BCUT2D eigenvalue weighted by Gasteiger charge is -2.14. The molecule has 0 saturated carbocycles. The molecule has 170 valence electrons. The van der Waals surface area contributed by atoms with Gasteiger partial charge in [0.05, 0.1) is 30.4 Å². The van der Waals surface area contributed by atoms with Gasteiger partial charge in [-0.2, -0.15) is 13.7 Å². The van der Waals surface area contributed by atoms with Gasteiger partial charge in [0.2, 0.25) is 5.75 Å². The molecular weight excluding hydrogens is 462 g/mol. The van der Waals surface area contributed by atoms with Crippen LogP contribution >= 0.6 is 11.6 Å². The molecule has 0 radical (unpaired) electrons. The Labute approximate surface area is 198 Å². The first-order chi connectivity index (χ1) is 15.8. The van der Waals surface area contributed by atoms with Crippen LogP contribution in [0, 0.1) is 18.3 Å². The summed E-state index contributed by atoms with van der Waals surface area (Å²) >= 11 is 6.40. The maximum absolute atomic E-state index is 12.8. The van der Waals surface area contributed by atoms with Crippen LogP contribution in [0.3, 0.4) is 0 Å². The van der Waals surface area contributed by atoms with Gasteiger partial charge in [-0.15, -0.1) is 0 Å². The second-order valence-corrected chi connectivity index (χ2v) is 8.97. The summed E-state index contributed by atoms with van der Waals surface area (Å²) in [6.07, 6.45) is 1.63. The van der Waals surface area contributed by atoms with Crippen LogP contribution in [-0.2, 0) is 10.1 Å². The normalized spacial score (nSPS) is 11.5. The number of allylic oxidation sites excluding steroid dienone is 1. The highest BCUT2D eigenvalue weighted by atomic mass is 35.5. The van der Waals surface area contributed by atoms with Gasteiger partial charge in [0.25, 0.3) is 0 Å². The van der Waals surface area contributed by atoms with E-state index in [0.717, 1.165) is 5.56 Å². The Morgan fingerprint density at radius 1 is 1.09 bits per heavy atom. The fourth-order valence-corrected chi connectivity index (χ4v) is 4.26. The van der Waals surface area contributed by atoms with Gasteiger partial charge in [-0.25, -0.2) is 0 Å². The lowest BCUT2D eigenvalue weighted by Crippen LogP contribution is -2.11. The molecule has 0 amide bonds. The number of methoxy groups -OCH3 is 1. The Morgan fingerprint density at radius 2 is 1.76 bits per heavy atom. The quantitative estimate of drug-likeness (QED) is 0.225. The molecule has 0 bridgehead atoms. The molecule has 0 heterocycles. The van der Waals surface area contributed by atoms with Crippen molar-refractivity contribution in [3.05, 3.63) is 82.4 Å². The van der Waals surface area contributed by atoms with E-state index in [2.05, 4.69) is 6.07 Å². The predicted molar refractivity (Wildman–Crippen MR) is 128 cm³/mol. The average Bonchev–Trinajstić information content (AvgIpc) is 2.80. The lowest BCUT2D eigenvalue weighted by molar-refractivity contribution is 0.327. The second-order valence-electron chi connectivity index (χ2n) is 7.01. The number of nitriles is 1. The van der Waals surface area contributed by atoms with Crippen molar-refractivity contribution in [2.24, 2.45) is 0 Å². The van der Waals surface area contributed by atoms with Crippen molar-refractivity contribution in [1.29, 1.82) is 5.26 Å². The zero-order valence-corrected chi connectivity index (χ0v) is 19.9. The van der Waals surface area contributed by atoms with Gasteiger partial charge in [0.1, 0.15) is 10.6 Å². The molecule has 0 unspecified atom stereocenters. The van der Waals surface area contributed by atoms with E-state index in [0.29, 0.717) is 22.4 Å². The van der Waals surface area contributed by atoms with Gasteiger partial charge in [-0.1, -0.05) is 29.3 Å². The van der Waals surface area contributed by atoms with Gasteiger partial charge in [0.15, 0.2) is 5.75 Å². The molecule has 0 spiro atoms. The number of halogens is 1. The van der Waals surface area contributed by atoms with E-state index < -0.39 is 10.1 Å². The first kappa shape index (κ1) is 24.2. The summed E-state index contributed by atoms with van der Waals surface area (Å²) in [5.74, 6) is 0.715. The van der Waals surface area contributed by atoms with E-state index in [4.69, 9.17) is 25.3 Å². The Morgan fingerprint density at radius 3 is 2.33 bits per heavy atom. The summed E-state index contributed by atoms with van der Waals surface area (Å²) in [6, 6.07) is 18.6. The standard InChI is InChI=1S/C25H22ClNO5S/c1-4-31-24-15-18(13-20(16-27)19-7-9-21(30-3)10-8-19)14-23(26)25(24)32-33(28,29)22-11-5-17(2)6-12-22/h5-15H,4H2,1-3H3/b20-13+. The average molecular weight is 484 g/mol. The highest BCUT2D eigenvalue weighted by Gasteiger charge is 2.22.